The van der Waals surface area contributed by atoms with Gasteiger partial charge < -0.3 is 10.5 Å². The van der Waals surface area contributed by atoms with E-state index < -0.39 is 16.3 Å². The van der Waals surface area contributed by atoms with Gasteiger partial charge in [-0.25, -0.2) is 0 Å². The van der Waals surface area contributed by atoms with Gasteiger partial charge in [-0.15, -0.1) is 0 Å². The highest BCUT2D eigenvalue weighted by Crippen LogP contribution is 2.20. The molecule has 1 unspecified atom stereocenters. The maximum absolute atomic E-state index is 11.9. The number of nitrogens with zero attached hydrogens (tertiary/aromatic N) is 1. The summed E-state index contributed by atoms with van der Waals surface area (Å²) >= 11 is 0. The predicted molar refractivity (Wildman–Crippen MR) is 72.7 cm³/mol. The first-order valence-corrected chi connectivity index (χ1v) is 7.05. The van der Waals surface area contributed by atoms with Gasteiger partial charge in [-0.05, 0) is 31.5 Å². The minimum absolute atomic E-state index is 0.419. The fraction of sp³-hybridized carbons (Fsp3) is 0.462. The maximum atomic E-state index is 11.9. The number of nitriles is 1. The summed E-state index contributed by atoms with van der Waals surface area (Å²) < 4.78 is 17.0. The Balaban J connectivity index is 2.81. The Labute approximate surface area is 110 Å². The summed E-state index contributed by atoms with van der Waals surface area (Å²) in [4.78, 5) is 0. The van der Waals surface area contributed by atoms with E-state index in [-0.39, 0.29) is 0 Å². The fourth-order valence-corrected chi connectivity index (χ4v) is 3.05. The highest BCUT2D eigenvalue weighted by Gasteiger charge is 2.16. The number of benzene rings is 1. The first-order valence-electron chi connectivity index (χ1n) is 5.56. The van der Waals surface area contributed by atoms with E-state index in [0.29, 0.717) is 22.8 Å². The number of hydrogen-bond acceptors (Lipinski definition) is 4. The standard InChI is InChI=1S/C13H18N2O2S/c1-13(2,15)9-18(16)8-10-4-5-11(7-14)12(6-10)17-3/h4-6H,8-9,15H2,1-3H3. The Bertz CT molecular complexity index is 487. The third kappa shape index (κ3) is 4.47. The highest BCUT2D eigenvalue weighted by atomic mass is 32.2. The lowest BCUT2D eigenvalue weighted by Crippen LogP contribution is -2.38. The van der Waals surface area contributed by atoms with Crippen LogP contribution < -0.4 is 10.5 Å². The second kappa shape index (κ2) is 5.98. The topological polar surface area (TPSA) is 76.1 Å². The molecule has 2 N–H and O–H groups in total. The molecular formula is C13H18N2O2S. The molecule has 0 heterocycles. The van der Waals surface area contributed by atoms with Gasteiger partial charge in [-0.3, -0.25) is 4.21 Å². The smallest absolute Gasteiger partial charge is 0.136 e. The van der Waals surface area contributed by atoms with E-state index in [2.05, 4.69) is 0 Å². The summed E-state index contributed by atoms with van der Waals surface area (Å²) in [5.74, 6) is 1.37. The Morgan fingerprint density at radius 1 is 1.50 bits per heavy atom. The molecule has 0 spiro atoms. The molecule has 1 atom stereocenters. The second-order valence-corrected chi connectivity index (χ2v) is 6.32. The molecule has 5 heteroatoms. The van der Waals surface area contributed by atoms with Gasteiger partial charge in [0.2, 0.25) is 0 Å². The van der Waals surface area contributed by atoms with E-state index in [0.717, 1.165) is 5.56 Å². The van der Waals surface area contributed by atoms with Crippen molar-refractivity contribution in [1.29, 1.82) is 5.26 Å². The summed E-state index contributed by atoms with van der Waals surface area (Å²) in [7, 11) is 0.491. The van der Waals surface area contributed by atoms with Crippen LogP contribution in [0.4, 0.5) is 0 Å². The number of methoxy groups -OCH3 is 1. The van der Waals surface area contributed by atoms with Crippen LogP contribution in [0.3, 0.4) is 0 Å². The van der Waals surface area contributed by atoms with E-state index in [9.17, 15) is 4.21 Å². The van der Waals surface area contributed by atoms with Crippen molar-refractivity contribution in [3.8, 4) is 11.8 Å². The molecule has 0 aliphatic carbocycles. The predicted octanol–water partition coefficient (Wildman–Crippen LogP) is 1.55. The van der Waals surface area contributed by atoms with Crippen molar-refractivity contribution in [1.82, 2.24) is 0 Å². The maximum Gasteiger partial charge on any atom is 0.136 e. The molecule has 0 radical (unpaired) electrons. The van der Waals surface area contributed by atoms with Gasteiger partial charge in [0.15, 0.2) is 0 Å². The average molecular weight is 266 g/mol. The fourth-order valence-electron chi connectivity index (χ4n) is 1.57. The van der Waals surface area contributed by atoms with Crippen molar-refractivity contribution < 1.29 is 8.95 Å². The second-order valence-electron chi connectivity index (χ2n) is 4.86. The highest BCUT2D eigenvalue weighted by molar-refractivity contribution is 7.84. The van der Waals surface area contributed by atoms with Crippen molar-refractivity contribution in [3.63, 3.8) is 0 Å². The average Bonchev–Trinajstić information content (AvgIpc) is 2.26. The molecule has 1 aromatic carbocycles. The molecule has 0 saturated carbocycles. The largest absolute Gasteiger partial charge is 0.495 e. The molecule has 18 heavy (non-hydrogen) atoms. The summed E-state index contributed by atoms with van der Waals surface area (Å²) in [6.07, 6.45) is 0. The normalized spacial score (nSPS) is 12.8. The van der Waals surface area contributed by atoms with Crippen molar-refractivity contribution >= 4 is 10.8 Å². The molecule has 0 aliphatic heterocycles. The SMILES string of the molecule is COc1cc(CS(=O)CC(C)(C)N)ccc1C#N. The zero-order chi connectivity index (χ0) is 13.8. The lowest BCUT2D eigenvalue weighted by molar-refractivity contribution is 0.413. The van der Waals surface area contributed by atoms with Gasteiger partial charge in [-0.1, -0.05) is 6.07 Å². The summed E-state index contributed by atoms with van der Waals surface area (Å²) in [5, 5.41) is 8.87. The van der Waals surface area contributed by atoms with Gasteiger partial charge in [-0.2, -0.15) is 5.26 Å². The number of nitrogens with two attached hydrogens (primary N) is 1. The van der Waals surface area contributed by atoms with Crippen LogP contribution in [-0.4, -0.2) is 22.6 Å². The van der Waals surface area contributed by atoms with Gasteiger partial charge in [0.25, 0.3) is 0 Å². The van der Waals surface area contributed by atoms with Gasteiger partial charge in [0, 0.05) is 27.8 Å². The number of hydrogen-bond donors (Lipinski definition) is 1. The van der Waals surface area contributed by atoms with Crippen molar-refractivity contribution in [2.24, 2.45) is 5.73 Å². The Morgan fingerprint density at radius 3 is 2.67 bits per heavy atom. The molecule has 0 amide bonds. The Kier molecular flexibility index (Phi) is 4.88. The molecule has 0 fully saturated rings. The lowest BCUT2D eigenvalue weighted by Gasteiger charge is -2.17. The van der Waals surface area contributed by atoms with E-state index in [1.165, 1.54) is 7.11 Å². The molecule has 1 rings (SSSR count). The van der Waals surface area contributed by atoms with Crippen LogP contribution in [0.1, 0.15) is 25.0 Å². The van der Waals surface area contributed by atoms with Crippen molar-refractivity contribution in [3.05, 3.63) is 29.3 Å². The third-order valence-corrected chi connectivity index (χ3v) is 3.97. The number of ether oxygens (including phenoxy) is 1. The summed E-state index contributed by atoms with van der Waals surface area (Å²) in [6, 6.07) is 7.27. The van der Waals surface area contributed by atoms with Crippen LogP contribution >= 0.6 is 0 Å². The summed E-state index contributed by atoms with van der Waals surface area (Å²) in [6.45, 7) is 3.70. The molecule has 4 nitrogen and oxygen atoms in total. The molecule has 98 valence electrons. The monoisotopic (exact) mass is 266 g/mol. The summed E-state index contributed by atoms with van der Waals surface area (Å²) in [5.41, 5.74) is 6.75. The van der Waals surface area contributed by atoms with E-state index in [1.807, 2.05) is 19.9 Å². The number of rotatable bonds is 5. The first kappa shape index (κ1) is 14.7. The van der Waals surface area contributed by atoms with E-state index in [1.54, 1.807) is 18.2 Å². The van der Waals surface area contributed by atoms with Crippen LogP contribution in [0, 0.1) is 11.3 Å². The third-order valence-electron chi connectivity index (χ3n) is 2.25. The van der Waals surface area contributed by atoms with E-state index >= 15 is 0 Å². The quantitative estimate of drug-likeness (QED) is 0.877. The van der Waals surface area contributed by atoms with Gasteiger partial charge in [0.05, 0.1) is 12.7 Å². The molecule has 0 bridgehead atoms. The zero-order valence-corrected chi connectivity index (χ0v) is 11.7. The Morgan fingerprint density at radius 2 is 2.17 bits per heavy atom. The van der Waals surface area contributed by atoms with Crippen LogP contribution in [-0.2, 0) is 16.6 Å². The van der Waals surface area contributed by atoms with Crippen molar-refractivity contribution in [2.45, 2.75) is 25.1 Å². The van der Waals surface area contributed by atoms with E-state index in [4.69, 9.17) is 15.7 Å². The minimum atomic E-state index is -1.02. The van der Waals surface area contributed by atoms with Gasteiger partial charge >= 0.3 is 0 Å². The Hall–Kier alpha value is -1.38. The first-order chi connectivity index (χ1) is 8.35. The van der Waals surface area contributed by atoms with Crippen LogP contribution in [0.15, 0.2) is 18.2 Å². The molecule has 0 aromatic heterocycles. The van der Waals surface area contributed by atoms with Crippen LogP contribution in [0.2, 0.25) is 0 Å². The van der Waals surface area contributed by atoms with Gasteiger partial charge in [0.1, 0.15) is 11.8 Å². The van der Waals surface area contributed by atoms with Crippen LogP contribution in [0.25, 0.3) is 0 Å². The molecular weight excluding hydrogens is 248 g/mol. The molecule has 0 aliphatic rings. The zero-order valence-electron chi connectivity index (χ0n) is 10.9. The molecule has 0 saturated heterocycles. The molecule has 1 aromatic rings. The van der Waals surface area contributed by atoms with Crippen molar-refractivity contribution in [2.75, 3.05) is 12.9 Å². The minimum Gasteiger partial charge on any atom is -0.495 e. The van der Waals surface area contributed by atoms with Crippen LogP contribution in [0.5, 0.6) is 5.75 Å². The lowest BCUT2D eigenvalue weighted by atomic mass is 10.1.